The second-order valence-corrected chi connectivity index (χ2v) is 7.79. The molecule has 6 nitrogen and oxygen atoms in total. The third-order valence-electron chi connectivity index (χ3n) is 5.90. The second kappa shape index (κ2) is 10.4. The number of rotatable bonds is 4. The first kappa shape index (κ1) is 22.1. The fourth-order valence-electron chi connectivity index (χ4n) is 4.32. The molecule has 1 aromatic heterocycles. The summed E-state index contributed by atoms with van der Waals surface area (Å²) in [4.78, 5) is 6.79. The van der Waals surface area contributed by atoms with Crippen LogP contribution >= 0.6 is 24.0 Å². The zero-order valence-electron chi connectivity index (χ0n) is 17.4. The molecule has 0 amide bonds. The molecule has 158 valence electrons. The normalized spacial score (nSPS) is 20.6. The summed E-state index contributed by atoms with van der Waals surface area (Å²) >= 11 is 0. The van der Waals surface area contributed by atoms with Gasteiger partial charge in [0, 0.05) is 19.8 Å². The van der Waals surface area contributed by atoms with Gasteiger partial charge in [0.05, 0.1) is 31.4 Å². The molecule has 7 heteroatoms. The van der Waals surface area contributed by atoms with E-state index in [-0.39, 0.29) is 30.1 Å². The number of hydrogen-bond donors (Lipinski definition) is 1. The molecule has 2 heterocycles. The summed E-state index contributed by atoms with van der Waals surface area (Å²) in [6, 6.07) is 11.2. The number of guanidine groups is 1. The molecule has 1 saturated carbocycles. The zero-order valence-corrected chi connectivity index (χ0v) is 19.7. The molecule has 1 N–H and O–H groups in total. The molecule has 2 aromatic rings. The van der Waals surface area contributed by atoms with Crippen LogP contribution in [0.5, 0.6) is 0 Å². The molecular formula is C22H32IN5O. The first-order chi connectivity index (χ1) is 13.7. The Morgan fingerprint density at radius 2 is 2.03 bits per heavy atom. The van der Waals surface area contributed by atoms with Crippen molar-refractivity contribution in [1.82, 2.24) is 20.0 Å². The van der Waals surface area contributed by atoms with E-state index >= 15 is 0 Å². The summed E-state index contributed by atoms with van der Waals surface area (Å²) in [5, 5.41) is 8.26. The number of ether oxygens (including phenoxy) is 1. The Bertz CT molecular complexity index is 815. The summed E-state index contributed by atoms with van der Waals surface area (Å²) in [7, 11) is 1.84. The molecule has 0 spiro atoms. The fraction of sp³-hybridized carbons (Fsp3) is 0.545. The van der Waals surface area contributed by atoms with Gasteiger partial charge >= 0.3 is 0 Å². The van der Waals surface area contributed by atoms with E-state index in [4.69, 9.17) is 9.84 Å². The number of aryl methyl sites for hydroxylation is 1. The number of benzene rings is 1. The van der Waals surface area contributed by atoms with Gasteiger partial charge in [0.25, 0.3) is 0 Å². The van der Waals surface area contributed by atoms with Gasteiger partial charge in [-0.3, -0.25) is 9.67 Å². The molecule has 1 aliphatic carbocycles. The van der Waals surface area contributed by atoms with Gasteiger partial charge in [-0.1, -0.05) is 37.1 Å². The van der Waals surface area contributed by atoms with Gasteiger partial charge in [0.1, 0.15) is 6.10 Å². The maximum absolute atomic E-state index is 6.05. The van der Waals surface area contributed by atoms with Gasteiger partial charge in [0.15, 0.2) is 5.96 Å². The number of nitrogens with one attached hydrogen (secondary N) is 1. The summed E-state index contributed by atoms with van der Waals surface area (Å²) < 4.78 is 8.20. The van der Waals surface area contributed by atoms with Gasteiger partial charge < -0.3 is 15.0 Å². The minimum Gasteiger partial charge on any atom is -0.370 e. The lowest BCUT2D eigenvalue weighted by atomic mass is 10.0. The number of aromatic nitrogens is 2. The number of morpholine rings is 1. The Balaban J connectivity index is 0.00000240. The molecule has 1 atom stereocenters. The minimum atomic E-state index is 0. The van der Waals surface area contributed by atoms with Gasteiger partial charge in [-0.2, -0.15) is 5.10 Å². The predicted octanol–water partition coefficient (Wildman–Crippen LogP) is 4.07. The van der Waals surface area contributed by atoms with E-state index < -0.39 is 0 Å². The molecule has 1 aromatic carbocycles. The molecule has 1 unspecified atom stereocenters. The van der Waals surface area contributed by atoms with E-state index in [9.17, 15) is 0 Å². The van der Waals surface area contributed by atoms with Crippen LogP contribution in [0.25, 0.3) is 0 Å². The van der Waals surface area contributed by atoms with Crippen LogP contribution < -0.4 is 5.32 Å². The van der Waals surface area contributed by atoms with Crippen molar-refractivity contribution in [2.75, 3.05) is 26.7 Å². The van der Waals surface area contributed by atoms with Crippen molar-refractivity contribution in [2.24, 2.45) is 4.99 Å². The van der Waals surface area contributed by atoms with Crippen LogP contribution in [0.1, 0.15) is 54.6 Å². The highest BCUT2D eigenvalue weighted by molar-refractivity contribution is 14.0. The highest BCUT2D eigenvalue weighted by atomic mass is 127. The van der Waals surface area contributed by atoms with Gasteiger partial charge in [-0.25, -0.2) is 0 Å². The Labute approximate surface area is 190 Å². The quantitative estimate of drug-likeness (QED) is 0.384. The SMILES string of the molecule is CN=C(NCc1ccn(C2CCCC2)n1)N1CCOC(c2ccccc2C)C1.I. The lowest BCUT2D eigenvalue weighted by molar-refractivity contribution is -0.00834. The topological polar surface area (TPSA) is 54.7 Å². The largest absolute Gasteiger partial charge is 0.370 e. The highest BCUT2D eigenvalue weighted by Crippen LogP contribution is 2.28. The van der Waals surface area contributed by atoms with Crippen molar-refractivity contribution in [1.29, 1.82) is 0 Å². The predicted molar refractivity (Wildman–Crippen MR) is 127 cm³/mol. The van der Waals surface area contributed by atoms with Crippen LogP contribution in [0.4, 0.5) is 0 Å². The highest BCUT2D eigenvalue weighted by Gasteiger charge is 2.25. The first-order valence-electron chi connectivity index (χ1n) is 10.4. The molecule has 0 bridgehead atoms. The monoisotopic (exact) mass is 509 g/mol. The zero-order chi connectivity index (χ0) is 19.3. The van der Waals surface area contributed by atoms with E-state index in [2.05, 4.69) is 63.3 Å². The molecule has 2 fully saturated rings. The fourth-order valence-corrected chi connectivity index (χ4v) is 4.32. The van der Waals surface area contributed by atoms with E-state index in [1.165, 1.54) is 36.8 Å². The van der Waals surface area contributed by atoms with Crippen LogP contribution in [0.2, 0.25) is 0 Å². The average Bonchev–Trinajstić information content (AvgIpc) is 3.41. The molecule has 1 aliphatic heterocycles. The Morgan fingerprint density at radius 1 is 1.24 bits per heavy atom. The summed E-state index contributed by atoms with van der Waals surface area (Å²) in [5.74, 6) is 0.914. The number of halogens is 1. The molecule has 29 heavy (non-hydrogen) atoms. The van der Waals surface area contributed by atoms with Crippen molar-refractivity contribution < 1.29 is 4.74 Å². The standard InChI is InChI=1S/C22H31N5O.HI/c1-17-7-3-6-10-20(17)21-16-26(13-14-28-21)22(23-2)24-15-18-11-12-27(25-18)19-8-4-5-9-19;/h3,6-7,10-12,19,21H,4-5,8-9,13-16H2,1-2H3,(H,23,24);1H. The maximum Gasteiger partial charge on any atom is 0.194 e. The number of nitrogens with zero attached hydrogens (tertiary/aromatic N) is 4. The van der Waals surface area contributed by atoms with E-state index in [1.54, 1.807) is 0 Å². The Hall–Kier alpha value is -1.61. The Morgan fingerprint density at radius 3 is 2.79 bits per heavy atom. The first-order valence-corrected chi connectivity index (χ1v) is 10.4. The molecule has 1 saturated heterocycles. The summed E-state index contributed by atoms with van der Waals surface area (Å²) in [6.45, 7) is 5.19. The van der Waals surface area contributed by atoms with Crippen molar-refractivity contribution >= 4 is 29.9 Å². The summed E-state index contributed by atoms with van der Waals surface area (Å²) in [6.07, 6.45) is 7.36. The van der Waals surface area contributed by atoms with Crippen molar-refractivity contribution in [3.05, 3.63) is 53.3 Å². The van der Waals surface area contributed by atoms with E-state index in [1.807, 2.05) is 7.05 Å². The van der Waals surface area contributed by atoms with Crippen LogP contribution in [0, 0.1) is 6.92 Å². The third-order valence-corrected chi connectivity index (χ3v) is 5.90. The average molecular weight is 509 g/mol. The van der Waals surface area contributed by atoms with Crippen molar-refractivity contribution in [3.63, 3.8) is 0 Å². The van der Waals surface area contributed by atoms with E-state index in [0.717, 1.165) is 24.7 Å². The number of aliphatic imine (C=N–C) groups is 1. The minimum absolute atomic E-state index is 0. The smallest absolute Gasteiger partial charge is 0.194 e. The van der Waals surface area contributed by atoms with E-state index in [0.29, 0.717) is 19.2 Å². The van der Waals surface area contributed by atoms with Gasteiger partial charge in [-0.15, -0.1) is 24.0 Å². The lowest BCUT2D eigenvalue weighted by Crippen LogP contribution is -2.48. The molecule has 2 aliphatic rings. The third kappa shape index (κ3) is 5.31. The lowest BCUT2D eigenvalue weighted by Gasteiger charge is -2.35. The van der Waals surface area contributed by atoms with Crippen LogP contribution in [0.15, 0.2) is 41.5 Å². The number of hydrogen-bond acceptors (Lipinski definition) is 3. The Kier molecular flexibility index (Phi) is 7.94. The molecular weight excluding hydrogens is 477 g/mol. The maximum atomic E-state index is 6.05. The second-order valence-electron chi connectivity index (χ2n) is 7.79. The van der Waals surface area contributed by atoms with Gasteiger partial charge in [0.2, 0.25) is 0 Å². The van der Waals surface area contributed by atoms with Crippen molar-refractivity contribution in [2.45, 2.75) is 51.3 Å². The van der Waals surface area contributed by atoms with Crippen LogP contribution in [0.3, 0.4) is 0 Å². The molecule has 0 radical (unpaired) electrons. The van der Waals surface area contributed by atoms with Crippen molar-refractivity contribution in [3.8, 4) is 0 Å². The molecule has 4 rings (SSSR count). The van der Waals surface area contributed by atoms with Crippen LogP contribution in [-0.4, -0.2) is 47.4 Å². The van der Waals surface area contributed by atoms with Gasteiger partial charge in [-0.05, 0) is 37.0 Å². The summed E-state index contributed by atoms with van der Waals surface area (Å²) in [5.41, 5.74) is 3.60. The van der Waals surface area contributed by atoms with Crippen LogP contribution in [-0.2, 0) is 11.3 Å².